The molecule has 2 heterocycles. The van der Waals surface area contributed by atoms with Crippen LogP contribution < -0.4 is 5.32 Å². The van der Waals surface area contributed by atoms with Crippen LogP contribution in [0.1, 0.15) is 50.7 Å². The summed E-state index contributed by atoms with van der Waals surface area (Å²) in [6.45, 7) is 9.04. The van der Waals surface area contributed by atoms with Crippen LogP contribution in [0.15, 0.2) is 24.3 Å². The van der Waals surface area contributed by atoms with E-state index in [4.69, 9.17) is 4.74 Å². The number of ether oxygens (including phenoxy) is 1. The number of carbonyl (C=O) groups is 1. The van der Waals surface area contributed by atoms with E-state index in [1.165, 1.54) is 38.8 Å². The molecule has 5 heteroatoms. The molecule has 0 spiro atoms. The molecule has 1 aromatic rings. The van der Waals surface area contributed by atoms with Gasteiger partial charge in [-0.25, -0.2) is 0 Å². The van der Waals surface area contributed by atoms with E-state index in [2.05, 4.69) is 39.4 Å². The first-order valence-electron chi connectivity index (χ1n) is 11.8. The molecule has 4 rings (SSSR count). The zero-order chi connectivity index (χ0) is 21.1. The Balaban J connectivity index is 1.24. The summed E-state index contributed by atoms with van der Waals surface area (Å²) in [6.07, 6.45) is 7.03. The number of fused-ring (bicyclic) bond motifs is 1. The molecule has 1 N–H and O–H groups in total. The molecule has 1 amide bonds. The second-order valence-corrected chi connectivity index (χ2v) is 10.1. The number of nitrogens with one attached hydrogen (secondary N) is 1. The van der Waals surface area contributed by atoms with Crippen molar-refractivity contribution in [1.82, 2.24) is 15.1 Å². The predicted molar refractivity (Wildman–Crippen MR) is 121 cm³/mol. The van der Waals surface area contributed by atoms with Crippen molar-refractivity contribution in [3.63, 3.8) is 0 Å². The van der Waals surface area contributed by atoms with Crippen molar-refractivity contribution < 1.29 is 9.53 Å². The zero-order valence-corrected chi connectivity index (χ0v) is 19.0. The van der Waals surface area contributed by atoms with E-state index in [-0.39, 0.29) is 17.4 Å². The Hall–Kier alpha value is -1.43. The summed E-state index contributed by atoms with van der Waals surface area (Å²) in [7, 11) is 1.70. The van der Waals surface area contributed by atoms with E-state index < -0.39 is 0 Å². The van der Waals surface area contributed by atoms with Gasteiger partial charge in [-0.05, 0) is 83.1 Å². The smallest absolute Gasteiger partial charge is 0.224 e. The average Bonchev–Trinajstić information content (AvgIpc) is 3.22. The van der Waals surface area contributed by atoms with Crippen molar-refractivity contribution in [2.45, 2.75) is 70.1 Å². The Bertz CT molecular complexity index is 702. The first-order chi connectivity index (χ1) is 14.4. The monoisotopic (exact) mass is 413 g/mol. The van der Waals surface area contributed by atoms with Crippen molar-refractivity contribution >= 4 is 5.91 Å². The number of rotatable bonds is 6. The zero-order valence-electron chi connectivity index (χ0n) is 19.0. The van der Waals surface area contributed by atoms with Gasteiger partial charge in [0.15, 0.2) is 0 Å². The van der Waals surface area contributed by atoms with Crippen LogP contribution in [0.2, 0.25) is 0 Å². The van der Waals surface area contributed by atoms with Crippen molar-refractivity contribution in [3.8, 4) is 0 Å². The van der Waals surface area contributed by atoms with Crippen LogP contribution in [0.4, 0.5) is 0 Å². The van der Waals surface area contributed by atoms with Crippen molar-refractivity contribution in [3.05, 3.63) is 35.4 Å². The minimum Gasteiger partial charge on any atom is -0.377 e. The lowest BCUT2D eigenvalue weighted by Gasteiger charge is -2.43. The molecule has 0 bridgehead atoms. The lowest BCUT2D eigenvalue weighted by atomic mass is 9.92. The van der Waals surface area contributed by atoms with Gasteiger partial charge in [-0.2, -0.15) is 0 Å². The van der Waals surface area contributed by atoms with Crippen molar-refractivity contribution in [2.75, 3.05) is 39.8 Å². The molecule has 1 atom stereocenters. The third-order valence-corrected chi connectivity index (χ3v) is 7.63. The van der Waals surface area contributed by atoms with E-state index in [0.717, 1.165) is 25.9 Å². The molecular formula is C25H39N3O2. The number of hydrogen-bond acceptors (Lipinski definition) is 4. The van der Waals surface area contributed by atoms with Gasteiger partial charge in [-0.3, -0.25) is 14.6 Å². The Morgan fingerprint density at radius 3 is 2.33 bits per heavy atom. The first-order valence-corrected chi connectivity index (χ1v) is 11.8. The molecule has 166 valence electrons. The fourth-order valence-electron chi connectivity index (χ4n) is 5.48. The lowest BCUT2D eigenvalue weighted by Crippen LogP contribution is -2.53. The second kappa shape index (κ2) is 9.37. The summed E-state index contributed by atoms with van der Waals surface area (Å²) in [6, 6.07) is 10.3. The van der Waals surface area contributed by atoms with Gasteiger partial charge in [0.1, 0.15) is 0 Å². The topological polar surface area (TPSA) is 44.8 Å². The molecule has 0 radical (unpaired) electrons. The normalized spacial score (nSPS) is 24.7. The van der Waals surface area contributed by atoms with Gasteiger partial charge in [-0.1, -0.05) is 24.3 Å². The lowest BCUT2D eigenvalue weighted by molar-refractivity contribution is -0.128. The number of hydrogen-bond donors (Lipinski definition) is 1. The molecule has 30 heavy (non-hydrogen) atoms. The largest absolute Gasteiger partial charge is 0.377 e. The standard InChI is InChI=1S/C25H39N3O2/c1-25(2,30-3)18-26-24(29)21-9-6-12-28(17-21)22-10-13-27(14-11-22)23-15-19-7-4-5-8-20(19)16-23/h4-5,7-8,21-23H,6,9-18H2,1-3H3,(H,26,29)/t21-/m1/s1. The highest BCUT2D eigenvalue weighted by Gasteiger charge is 2.34. The maximum Gasteiger partial charge on any atom is 0.224 e. The van der Waals surface area contributed by atoms with Crippen LogP contribution in [0.3, 0.4) is 0 Å². The van der Waals surface area contributed by atoms with Crippen LogP contribution >= 0.6 is 0 Å². The number of amides is 1. The molecule has 3 aliphatic rings. The maximum atomic E-state index is 12.7. The van der Waals surface area contributed by atoms with Crippen LogP contribution in [-0.4, -0.2) is 73.2 Å². The molecule has 0 unspecified atom stereocenters. The Labute approximate surface area is 182 Å². The van der Waals surface area contributed by atoms with Gasteiger partial charge in [0.25, 0.3) is 0 Å². The number of nitrogens with zero attached hydrogens (tertiary/aromatic N) is 2. The number of carbonyl (C=O) groups excluding carboxylic acids is 1. The van der Waals surface area contributed by atoms with Gasteiger partial charge in [0.2, 0.25) is 5.91 Å². The van der Waals surface area contributed by atoms with Gasteiger partial charge in [0.05, 0.1) is 11.5 Å². The Morgan fingerprint density at radius 1 is 1.03 bits per heavy atom. The fourth-order valence-corrected chi connectivity index (χ4v) is 5.48. The highest BCUT2D eigenvalue weighted by molar-refractivity contribution is 5.79. The van der Waals surface area contributed by atoms with Crippen molar-refractivity contribution in [2.24, 2.45) is 5.92 Å². The Kier molecular flexibility index (Phi) is 6.81. The molecule has 0 aromatic heterocycles. The summed E-state index contributed by atoms with van der Waals surface area (Å²) in [5, 5.41) is 3.12. The van der Waals surface area contributed by atoms with Crippen LogP contribution in [0, 0.1) is 5.92 Å². The molecule has 1 aliphatic carbocycles. The van der Waals surface area contributed by atoms with Crippen LogP contribution in [0.5, 0.6) is 0 Å². The molecule has 1 aromatic carbocycles. The minimum absolute atomic E-state index is 0.119. The van der Waals surface area contributed by atoms with Gasteiger partial charge >= 0.3 is 0 Å². The Morgan fingerprint density at radius 2 is 1.70 bits per heavy atom. The number of likely N-dealkylation sites (tertiary alicyclic amines) is 2. The van der Waals surface area contributed by atoms with E-state index in [1.54, 1.807) is 18.2 Å². The minimum atomic E-state index is -0.309. The number of piperidine rings is 2. The summed E-state index contributed by atoms with van der Waals surface area (Å²) in [5.74, 6) is 0.319. The SMILES string of the molecule is COC(C)(C)CNC(=O)[C@@H]1CCCN(C2CCN(C3Cc4ccccc4C3)CC2)C1. The highest BCUT2D eigenvalue weighted by Crippen LogP contribution is 2.29. The molecule has 5 nitrogen and oxygen atoms in total. The molecule has 2 fully saturated rings. The molecule has 2 saturated heterocycles. The predicted octanol–water partition coefficient (Wildman–Crippen LogP) is 2.87. The van der Waals surface area contributed by atoms with Crippen LogP contribution in [0.25, 0.3) is 0 Å². The molecule has 2 aliphatic heterocycles. The summed E-state index contributed by atoms with van der Waals surface area (Å²) in [4.78, 5) is 18.0. The van der Waals surface area contributed by atoms with E-state index in [9.17, 15) is 4.79 Å². The maximum absolute atomic E-state index is 12.7. The van der Waals surface area contributed by atoms with Gasteiger partial charge in [0, 0.05) is 32.3 Å². The molecule has 0 saturated carbocycles. The number of methoxy groups -OCH3 is 1. The third kappa shape index (κ3) is 5.06. The number of benzene rings is 1. The first kappa shape index (κ1) is 21.8. The van der Waals surface area contributed by atoms with Gasteiger partial charge < -0.3 is 10.1 Å². The van der Waals surface area contributed by atoms with Crippen molar-refractivity contribution in [1.29, 1.82) is 0 Å². The summed E-state index contributed by atoms with van der Waals surface area (Å²) < 4.78 is 5.43. The van der Waals surface area contributed by atoms with E-state index >= 15 is 0 Å². The van der Waals surface area contributed by atoms with E-state index in [0.29, 0.717) is 18.6 Å². The third-order valence-electron chi connectivity index (χ3n) is 7.63. The summed E-state index contributed by atoms with van der Waals surface area (Å²) in [5.41, 5.74) is 2.79. The quantitative estimate of drug-likeness (QED) is 0.779. The summed E-state index contributed by atoms with van der Waals surface area (Å²) >= 11 is 0. The van der Waals surface area contributed by atoms with Gasteiger partial charge in [-0.15, -0.1) is 0 Å². The molecular weight excluding hydrogens is 374 g/mol. The average molecular weight is 414 g/mol. The van der Waals surface area contributed by atoms with E-state index in [1.807, 2.05) is 13.8 Å². The highest BCUT2D eigenvalue weighted by atomic mass is 16.5. The second-order valence-electron chi connectivity index (χ2n) is 10.1. The fraction of sp³-hybridized carbons (Fsp3) is 0.720. The van der Waals surface area contributed by atoms with Crippen LogP contribution in [-0.2, 0) is 22.4 Å².